The van der Waals surface area contributed by atoms with Gasteiger partial charge in [-0.05, 0) is 49.4 Å². The minimum atomic E-state index is -0.318. The van der Waals surface area contributed by atoms with E-state index in [1.54, 1.807) is 23.9 Å². The van der Waals surface area contributed by atoms with Crippen molar-refractivity contribution in [2.45, 2.75) is 23.6 Å². The molecule has 0 saturated carbocycles. The molecule has 108 valence electrons. The number of halogens is 1. The van der Waals surface area contributed by atoms with Crippen molar-refractivity contribution in [3.8, 4) is 6.07 Å². The molecule has 2 aromatic carbocycles. The largest absolute Gasteiger partial charge is 0.313 e. The molecule has 2 aromatic rings. The van der Waals surface area contributed by atoms with Gasteiger partial charge < -0.3 is 5.32 Å². The van der Waals surface area contributed by atoms with Crippen LogP contribution in [0.2, 0.25) is 0 Å². The molecular weight excluding hydrogens is 283 g/mol. The zero-order valence-corrected chi connectivity index (χ0v) is 12.9. The highest BCUT2D eigenvalue weighted by molar-refractivity contribution is 7.98. The van der Waals surface area contributed by atoms with Crippen molar-refractivity contribution >= 4 is 11.8 Å². The van der Waals surface area contributed by atoms with E-state index < -0.39 is 0 Å². The van der Waals surface area contributed by atoms with Gasteiger partial charge in [0.2, 0.25) is 0 Å². The molecule has 0 heterocycles. The molecule has 2 rings (SSSR count). The zero-order valence-electron chi connectivity index (χ0n) is 12.1. The van der Waals surface area contributed by atoms with Crippen molar-refractivity contribution in [3.63, 3.8) is 0 Å². The van der Waals surface area contributed by atoms with E-state index in [0.29, 0.717) is 16.9 Å². The van der Waals surface area contributed by atoms with Gasteiger partial charge in [0.1, 0.15) is 5.82 Å². The molecule has 1 N–H and O–H groups in total. The number of thioether (sulfide) groups is 1. The topological polar surface area (TPSA) is 35.8 Å². The molecule has 1 unspecified atom stereocenters. The molecule has 21 heavy (non-hydrogen) atoms. The summed E-state index contributed by atoms with van der Waals surface area (Å²) in [6.45, 7) is 2.10. The minimum Gasteiger partial charge on any atom is -0.313 e. The maximum absolute atomic E-state index is 13.8. The number of benzene rings is 2. The SMILES string of the molecule is CNC(C)c1cccc(SCc2ccc(C#N)cc2F)c1. The van der Waals surface area contributed by atoms with Crippen molar-refractivity contribution in [3.05, 3.63) is 65.0 Å². The van der Waals surface area contributed by atoms with Gasteiger partial charge in [0.25, 0.3) is 0 Å². The molecule has 0 aliphatic rings. The van der Waals surface area contributed by atoms with Gasteiger partial charge >= 0.3 is 0 Å². The Morgan fingerprint density at radius 1 is 1.29 bits per heavy atom. The van der Waals surface area contributed by atoms with Crippen LogP contribution < -0.4 is 5.32 Å². The first-order chi connectivity index (χ1) is 10.1. The maximum atomic E-state index is 13.8. The molecule has 0 spiro atoms. The molecule has 0 saturated heterocycles. The average molecular weight is 300 g/mol. The van der Waals surface area contributed by atoms with Gasteiger partial charge in [0.15, 0.2) is 0 Å². The highest BCUT2D eigenvalue weighted by atomic mass is 32.2. The van der Waals surface area contributed by atoms with Crippen LogP contribution >= 0.6 is 11.8 Å². The lowest BCUT2D eigenvalue weighted by Crippen LogP contribution is -2.11. The summed E-state index contributed by atoms with van der Waals surface area (Å²) in [6, 6.07) is 15.1. The van der Waals surface area contributed by atoms with Crippen molar-refractivity contribution in [1.82, 2.24) is 5.32 Å². The Morgan fingerprint density at radius 2 is 2.10 bits per heavy atom. The van der Waals surface area contributed by atoms with Crippen LogP contribution in [0.4, 0.5) is 4.39 Å². The first-order valence-corrected chi connectivity index (χ1v) is 7.71. The predicted octanol–water partition coefficient (Wildman–Crippen LogP) is 4.27. The van der Waals surface area contributed by atoms with E-state index in [-0.39, 0.29) is 11.9 Å². The quantitative estimate of drug-likeness (QED) is 0.838. The van der Waals surface area contributed by atoms with Crippen molar-refractivity contribution in [2.75, 3.05) is 7.05 Å². The summed E-state index contributed by atoms with van der Waals surface area (Å²) in [4.78, 5) is 1.11. The summed E-state index contributed by atoms with van der Waals surface area (Å²) < 4.78 is 13.8. The van der Waals surface area contributed by atoms with E-state index in [1.165, 1.54) is 11.6 Å². The highest BCUT2D eigenvalue weighted by Crippen LogP contribution is 2.26. The summed E-state index contributed by atoms with van der Waals surface area (Å²) in [7, 11) is 1.93. The molecule has 0 aromatic heterocycles. The molecule has 0 amide bonds. The lowest BCUT2D eigenvalue weighted by atomic mass is 10.1. The fourth-order valence-corrected chi connectivity index (χ4v) is 2.89. The van der Waals surface area contributed by atoms with Crippen molar-refractivity contribution in [1.29, 1.82) is 5.26 Å². The molecule has 0 aliphatic carbocycles. The van der Waals surface area contributed by atoms with Gasteiger partial charge in [-0.1, -0.05) is 18.2 Å². The average Bonchev–Trinajstić information content (AvgIpc) is 2.53. The molecule has 4 heteroatoms. The zero-order chi connectivity index (χ0) is 15.2. The number of rotatable bonds is 5. The van der Waals surface area contributed by atoms with E-state index in [1.807, 2.05) is 25.2 Å². The summed E-state index contributed by atoms with van der Waals surface area (Å²) in [5, 5.41) is 11.9. The van der Waals surface area contributed by atoms with E-state index >= 15 is 0 Å². The smallest absolute Gasteiger partial charge is 0.128 e. The van der Waals surface area contributed by atoms with E-state index in [4.69, 9.17) is 5.26 Å². The standard InChI is InChI=1S/C17H17FN2S/c1-12(20-2)14-4-3-5-16(9-14)21-11-15-7-6-13(10-19)8-17(15)18/h3-9,12,20H,11H2,1-2H3. The van der Waals surface area contributed by atoms with Crippen LogP contribution in [0.1, 0.15) is 29.7 Å². The van der Waals surface area contributed by atoms with Gasteiger partial charge in [-0.3, -0.25) is 0 Å². The number of hydrogen-bond donors (Lipinski definition) is 1. The van der Waals surface area contributed by atoms with E-state index in [0.717, 1.165) is 4.90 Å². The molecule has 0 radical (unpaired) electrons. The lowest BCUT2D eigenvalue weighted by molar-refractivity contribution is 0.617. The molecule has 0 fully saturated rings. The van der Waals surface area contributed by atoms with Crippen molar-refractivity contribution in [2.24, 2.45) is 0 Å². The Hall–Kier alpha value is -1.83. The number of nitrogens with zero attached hydrogens (tertiary/aromatic N) is 1. The second-order valence-electron chi connectivity index (χ2n) is 4.79. The number of nitriles is 1. The third kappa shape index (κ3) is 4.07. The van der Waals surface area contributed by atoms with Crippen LogP contribution in [0.15, 0.2) is 47.4 Å². The second-order valence-corrected chi connectivity index (χ2v) is 5.84. The Labute approximate surface area is 129 Å². The molecule has 1 atom stereocenters. The van der Waals surface area contributed by atoms with Crippen LogP contribution in [-0.4, -0.2) is 7.05 Å². The van der Waals surface area contributed by atoms with Gasteiger partial charge in [0, 0.05) is 16.7 Å². The van der Waals surface area contributed by atoms with Gasteiger partial charge in [-0.2, -0.15) is 5.26 Å². The number of nitrogens with one attached hydrogen (secondary N) is 1. The first kappa shape index (κ1) is 15.6. The normalized spacial score (nSPS) is 11.9. The highest BCUT2D eigenvalue weighted by Gasteiger charge is 2.06. The van der Waals surface area contributed by atoms with Gasteiger partial charge in [-0.15, -0.1) is 11.8 Å². The van der Waals surface area contributed by atoms with Crippen LogP contribution in [0.3, 0.4) is 0 Å². The Bertz CT molecular complexity index is 664. The Kier molecular flexibility index (Phi) is 5.38. The monoisotopic (exact) mass is 300 g/mol. The summed E-state index contributed by atoms with van der Waals surface area (Å²) in [5.41, 5.74) is 2.18. The van der Waals surface area contributed by atoms with Crippen LogP contribution in [0, 0.1) is 17.1 Å². The molecule has 0 aliphatic heterocycles. The number of hydrogen-bond acceptors (Lipinski definition) is 3. The summed E-state index contributed by atoms with van der Waals surface area (Å²) in [6.07, 6.45) is 0. The third-order valence-corrected chi connectivity index (χ3v) is 4.41. The molecule has 2 nitrogen and oxygen atoms in total. The Morgan fingerprint density at radius 3 is 2.76 bits per heavy atom. The predicted molar refractivity (Wildman–Crippen MR) is 84.6 cm³/mol. The molecule has 0 bridgehead atoms. The maximum Gasteiger partial charge on any atom is 0.128 e. The fraction of sp³-hybridized carbons (Fsp3) is 0.235. The molecular formula is C17H17FN2S. The Balaban J connectivity index is 2.08. The van der Waals surface area contributed by atoms with Crippen LogP contribution in [-0.2, 0) is 5.75 Å². The third-order valence-electron chi connectivity index (χ3n) is 3.37. The van der Waals surface area contributed by atoms with Crippen LogP contribution in [0.25, 0.3) is 0 Å². The summed E-state index contributed by atoms with van der Waals surface area (Å²) in [5.74, 6) is 0.232. The second kappa shape index (κ2) is 7.26. The van der Waals surface area contributed by atoms with Gasteiger partial charge in [-0.25, -0.2) is 4.39 Å². The summed E-state index contributed by atoms with van der Waals surface area (Å²) >= 11 is 1.59. The fourth-order valence-electron chi connectivity index (χ4n) is 1.94. The van der Waals surface area contributed by atoms with E-state index in [9.17, 15) is 4.39 Å². The van der Waals surface area contributed by atoms with E-state index in [2.05, 4.69) is 24.4 Å². The van der Waals surface area contributed by atoms with Crippen molar-refractivity contribution < 1.29 is 4.39 Å². The van der Waals surface area contributed by atoms with Crippen LogP contribution in [0.5, 0.6) is 0 Å². The van der Waals surface area contributed by atoms with Gasteiger partial charge in [0.05, 0.1) is 11.6 Å². The first-order valence-electron chi connectivity index (χ1n) is 6.72. The lowest BCUT2D eigenvalue weighted by Gasteiger charge is -2.12. The minimum absolute atomic E-state index is 0.289.